The average Bonchev–Trinajstić information content (AvgIpc) is 2.85. The highest BCUT2D eigenvalue weighted by Gasteiger charge is 2.47. The Labute approximate surface area is 119 Å². The van der Waals surface area contributed by atoms with Crippen molar-refractivity contribution in [2.24, 2.45) is 11.8 Å². The van der Waals surface area contributed by atoms with E-state index < -0.39 is 0 Å². The predicted molar refractivity (Wildman–Crippen MR) is 79.9 cm³/mol. The molecule has 1 aromatic heterocycles. The first kappa shape index (κ1) is 12.2. The summed E-state index contributed by atoms with van der Waals surface area (Å²) in [7, 11) is 2.20. The van der Waals surface area contributed by atoms with E-state index >= 15 is 0 Å². The second-order valence-corrected chi connectivity index (χ2v) is 6.22. The number of carbonyl (C=O) groups is 1. The van der Waals surface area contributed by atoms with Crippen LogP contribution >= 0.6 is 0 Å². The number of carbonyl (C=O) groups excluding carboxylic acids is 1. The summed E-state index contributed by atoms with van der Waals surface area (Å²) in [6.45, 7) is 3.24. The van der Waals surface area contributed by atoms with Gasteiger partial charge in [0.15, 0.2) is 5.78 Å². The molecule has 0 spiro atoms. The fourth-order valence-electron chi connectivity index (χ4n) is 4.36. The zero-order chi connectivity index (χ0) is 13.9. The van der Waals surface area contributed by atoms with Crippen molar-refractivity contribution in [3.63, 3.8) is 0 Å². The number of rotatable bonds is 1. The molecule has 3 atom stereocenters. The van der Waals surface area contributed by atoms with E-state index in [1.165, 1.54) is 10.9 Å². The summed E-state index contributed by atoms with van der Waals surface area (Å²) in [5, 5.41) is 1.23. The molecule has 1 aliphatic carbocycles. The number of aromatic nitrogens is 1. The molecule has 1 N–H and O–H groups in total. The van der Waals surface area contributed by atoms with Gasteiger partial charge in [0.1, 0.15) is 0 Å². The average molecular weight is 268 g/mol. The minimum atomic E-state index is 0.210. The maximum Gasteiger partial charge on any atom is 0.182 e. The zero-order valence-electron chi connectivity index (χ0n) is 12.0. The molecule has 1 aromatic carbocycles. The normalized spacial score (nSPS) is 29.7. The molecule has 2 aromatic rings. The summed E-state index contributed by atoms with van der Waals surface area (Å²) in [6.07, 6.45) is 2.07. The Bertz CT molecular complexity index is 687. The van der Waals surface area contributed by atoms with Gasteiger partial charge in [-0.2, -0.15) is 0 Å². The molecule has 2 bridgehead atoms. The highest BCUT2D eigenvalue weighted by Crippen LogP contribution is 2.49. The molecule has 2 heterocycles. The van der Waals surface area contributed by atoms with Gasteiger partial charge in [0.2, 0.25) is 0 Å². The third kappa shape index (κ3) is 1.41. The molecule has 3 nitrogen and oxygen atoms in total. The molecule has 0 saturated carbocycles. The first-order valence-electron chi connectivity index (χ1n) is 7.57. The number of nitrogens with one attached hydrogen (secondary N) is 1. The number of hydrogen-bond donors (Lipinski definition) is 1. The van der Waals surface area contributed by atoms with Crippen LogP contribution in [-0.2, 0) is 0 Å². The molecule has 1 saturated heterocycles. The van der Waals surface area contributed by atoms with E-state index in [4.69, 9.17) is 0 Å². The lowest BCUT2D eigenvalue weighted by atomic mass is 9.68. The smallest absolute Gasteiger partial charge is 0.182 e. The number of hydrogen-bond acceptors (Lipinski definition) is 2. The minimum absolute atomic E-state index is 0.210. The molecule has 104 valence electrons. The standard InChI is InChI=1S/C17H20N2O/c1-3-10-11-8-9-19(2)16(10)14-12-6-4-5-7-13(12)18-15(14)17(11)20/h4-7,10-11,16,18H,3,8-9H2,1-2H3/t10-,11-,16+/m1/s1. The van der Waals surface area contributed by atoms with Crippen molar-refractivity contribution in [3.05, 3.63) is 35.5 Å². The van der Waals surface area contributed by atoms with Gasteiger partial charge in [-0.1, -0.05) is 31.5 Å². The number of aromatic amines is 1. The Morgan fingerprint density at radius 1 is 1.35 bits per heavy atom. The third-order valence-corrected chi connectivity index (χ3v) is 5.29. The Morgan fingerprint density at radius 3 is 2.95 bits per heavy atom. The molecular formula is C17H20N2O. The molecule has 2 aliphatic rings. The van der Waals surface area contributed by atoms with Gasteiger partial charge < -0.3 is 4.98 Å². The van der Waals surface area contributed by atoms with Crippen LogP contribution in [0.2, 0.25) is 0 Å². The quantitative estimate of drug-likeness (QED) is 0.860. The lowest BCUT2D eigenvalue weighted by Crippen LogP contribution is -2.47. The molecule has 0 amide bonds. The van der Waals surface area contributed by atoms with Gasteiger partial charge >= 0.3 is 0 Å². The Kier molecular flexibility index (Phi) is 2.55. The fraction of sp³-hybridized carbons (Fsp3) is 0.471. The second-order valence-electron chi connectivity index (χ2n) is 6.22. The number of benzene rings is 1. The number of ketones is 1. The molecule has 1 aliphatic heterocycles. The van der Waals surface area contributed by atoms with Gasteiger partial charge in [-0.05, 0) is 32.0 Å². The van der Waals surface area contributed by atoms with Crippen LogP contribution in [0.15, 0.2) is 24.3 Å². The number of H-pyrrole nitrogens is 1. The van der Waals surface area contributed by atoms with Crippen molar-refractivity contribution < 1.29 is 4.79 Å². The summed E-state index contributed by atoms with van der Waals surface area (Å²) >= 11 is 0. The fourth-order valence-corrected chi connectivity index (χ4v) is 4.36. The van der Waals surface area contributed by atoms with Crippen molar-refractivity contribution >= 4 is 16.7 Å². The SMILES string of the molecule is CC[C@H]1[C@H]2c3c([nH]c4ccccc34)C(=O)[C@@H]1CCN2C. The van der Waals surface area contributed by atoms with Crippen LogP contribution in [0.5, 0.6) is 0 Å². The van der Waals surface area contributed by atoms with Gasteiger partial charge in [0, 0.05) is 28.4 Å². The van der Waals surface area contributed by atoms with Crippen LogP contribution in [-0.4, -0.2) is 29.3 Å². The number of fused-ring (bicyclic) bond motifs is 6. The number of likely N-dealkylation sites (tertiary alicyclic amines) is 1. The minimum Gasteiger partial charge on any atom is -0.352 e. The second kappa shape index (κ2) is 4.19. The first-order valence-corrected chi connectivity index (χ1v) is 7.57. The monoisotopic (exact) mass is 268 g/mol. The molecule has 3 heteroatoms. The highest BCUT2D eigenvalue weighted by atomic mass is 16.1. The van der Waals surface area contributed by atoms with Crippen LogP contribution in [0, 0.1) is 11.8 Å². The van der Waals surface area contributed by atoms with Crippen LogP contribution in [0.3, 0.4) is 0 Å². The number of para-hydroxylation sites is 1. The van der Waals surface area contributed by atoms with E-state index in [9.17, 15) is 4.79 Å². The Balaban J connectivity index is 2.03. The summed E-state index contributed by atoms with van der Waals surface area (Å²) in [6, 6.07) is 8.71. The van der Waals surface area contributed by atoms with Gasteiger partial charge in [0.05, 0.1) is 5.69 Å². The molecule has 20 heavy (non-hydrogen) atoms. The van der Waals surface area contributed by atoms with Gasteiger partial charge in [-0.3, -0.25) is 9.69 Å². The zero-order valence-corrected chi connectivity index (χ0v) is 12.0. The van der Waals surface area contributed by atoms with Crippen LogP contribution in [0.1, 0.15) is 41.9 Å². The lowest BCUT2D eigenvalue weighted by Gasteiger charge is -2.46. The maximum atomic E-state index is 12.8. The highest BCUT2D eigenvalue weighted by molar-refractivity contribution is 6.05. The largest absolute Gasteiger partial charge is 0.352 e. The molecule has 1 fully saturated rings. The van der Waals surface area contributed by atoms with Crippen molar-refractivity contribution in [2.45, 2.75) is 25.8 Å². The van der Waals surface area contributed by atoms with E-state index in [1.54, 1.807) is 0 Å². The molecular weight excluding hydrogens is 248 g/mol. The van der Waals surface area contributed by atoms with E-state index in [1.807, 2.05) is 6.07 Å². The van der Waals surface area contributed by atoms with E-state index in [2.05, 4.69) is 42.1 Å². The van der Waals surface area contributed by atoms with Crippen LogP contribution in [0.25, 0.3) is 10.9 Å². The van der Waals surface area contributed by atoms with E-state index in [0.29, 0.717) is 17.7 Å². The third-order valence-electron chi connectivity index (χ3n) is 5.29. The number of piperidine rings is 1. The summed E-state index contributed by atoms with van der Waals surface area (Å²) in [4.78, 5) is 18.6. The maximum absolute atomic E-state index is 12.8. The van der Waals surface area contributed by atoms with Crippen molar-refractivity contribution in [1.82, 2.24) is 9.88 Å². The summed E-state index contributed by atoms with van der Waals surface area (Å²) in [5.41, 5.74) is 3.22. The topological polar surface area (TPSA) is 36.1 Å². The van der Waals surface area contributed by atoms with Crippen molar-refractivity contribution in [3.8, 4) is 0 Å². The van der Waals surface area contributed by atoms with Gasteiger partial charge in [0.25, 0.3) is 0 Å². The van der Waals surface area contributed by atoms with E-state index in [0.717, 1.165) is 30.6 Å². The predicted octanol–water partition coefficient (Wildman–Crippen LogP) is 3.38. The molecule has 0 radical (unpaired) electrons. The Hall–Kier alpha value is -1.61. The first-order chi connectivity index (χ1) is 9.72. The number of nitrogens with zero attached hydrogens (tertiary/aromatic N) is 1. The van der Waals surface area contributed by atoms with Crippen LogP contribution < -0.4 is 0 Å². The lowest BCUT2D eigenvalue weighted by molar-refractivity contribution is 0.0424. The van der Waals surface area contributed by atoms with Crippen molar-refractivity contribution in [2.75, 3.05) is 13.6 Å². The van der Waals surface area contributed by atoms with Gasteiger partial charge in [-0.25, -0.2) is 0 Å². The summed E-state index contributed by atoms with van der Waals surface area (Å²) < 4.78 is 0. The Morgan fingerprint density at radius 2 is 2.15 bits per heavy atom. The van der Waals surface area contributed by atoms with Crippen LogP contribution in [0.4, 0.5) is 0 Å². The number of Topliss-reactive ketones (excluding diaryl/α,β-unsaturated/α-hetero) is 1. The van der Waals surface area contributed by atoms with Gasteiger partial charge in [-0.15, -0.1) is 0 Å². The molecule has 0 unspecified atom stereocenters. The van der Waals surface area contributed by atoms with E-state index in [-0.39, 0.29) is 5.92 Å². The summed E-state index contributed by atoms with van der Waals surface area (Å²) in [5.74, 6) is 1.02. The molecule has 4 rings (SSSR count). The van der Waals surface area contributed by atoms with Crippen molar-refractivity contribution in [1.29, 1.82) is 0 Å².